The average Bonchev–Trinajstić information content (AvgIpc) is 3.53. The van der Waals surface area contributed by atoms with Gasteiger partial charge < -0.3 is 5.32 Å². The molecule has 5 heteroatoms. The minimum absolute atomic E-state index is 0.0751. The van der Waals surface area contributed by atoms with Crippen LogP contribution in [0, 0.1) is 5.92 Å². The van der Waals surface area contributed by atoms with Crippen molar-refractivity contribution in [1.29, 1.82) is 0 Å². The maximum atomic E-state index is 12.4. The van der Waals surface area contributed by atoms with Crippen molar-refractivity contribution in [2.45, 2.75) is 83.5 Å². The quantitative estimate of drug-likeness (QED) is 0.681. The summed E-state index contributed by atoms with van der Waals surface area (Å²) in [5, 5.41) is 7.33. The zero-order valence-corrected chi connectivity index (χ0v) is 16.8. The van der Waals surface area contributed by atoms with Crippen molar-refractivity contribution in [1.82, 2.24) is 5.43 Å². The van der Waals surface area contributed by atoms with Crippen LogP contribution in [-0.2, 0) is 4.79 Å². The van der Waals surface area contributed by atoms with E-state index in [1.54, 1.807) is 24.3 Å². The number of amides is 2. The second-order valence-electron chi connectivity index (χ2n) is 8.14. The summed E-state index contributed by atoms with van der Waals surface area (Å²) >= 11 is 0. The molecule has 2 amide bonds. The molecule has 2 aliphatic carbocycles. The van der Waals surface area contributed by atoms with E-state index in [1.807, 2.05) is 0 Å². The van der Waals surface area contributed by atoms with E-state index in [0.29, 0.717) is 5.56 Å². The van der Waals surface area contributed by atoms with Gasteiger partial charge in [-0.2, -0.15) is 5.10 Å². The van der Waals surface area contributed by atoms with E-state index in [2.05, 4.69) is 15.8 Å². The highest BCUT2D eigenvalue weighted by atomic mass is 16.2. The van der Waals surface area contributed by atoms with Gasteiger partial charge >= 0.3 is 0 Å². The maximum Gasteiger partial charge on any atom is 0.271 e. The molecule has 0 aliphatic heterocycles. The van der Waals surface area contributed by atoms with Gasteiger partial charge in [0.25, 0.3) is 5.91 Å². The summed E-state index contributed by atoms with van der Waals surface area (Å²) in [4.78, 5) is 24.2. The number of benzene rings is 1. The van der Waals surface area contributed by atoms with E-state index < -0.39 is 0 Å². The van der Waals surface area contributed by atoms with Crippen LogP contribution < -0.4 is 10.7 Å². The first-order valence-electron chi connectivity index (χ1n) is 11.0. The third kappa shape index (κ3) is 7.10. The van der Waals surface area contributed by atoms with Crippen LogP contribution >= 0.6 is 0 Å². The fourth-order valence-electron chi connectivity index (χ4n) is 3.62. The summed E-state index contributed by atoms with van der Waals surface area (Å²) in [6, 6.07) is 7.02. The summed E-state index contributed by atoms with van der Waals surface area (Å²) < 4.78 is 0. The zero-order chi connectivity index (χ0) is 19.6. The average molecular weight is 384 g/mol. The van der Waals surface area contributed by atoms with E-state index in [0.717, 1.165) is 49.9 Å². The molecule has 28 heavy (non-hydrogen) atoms. The van der Waals surface area contributed by atoms with Gasteiger partial charge in [-0.05, 0) is 62.8 Å². The van der Waals surface area contributed by atoms with Gasteiger partial charge in [-0.3, -0.25) is 9.59 Å². The molecule has 0 heterocycles. The topological polar surface area (TPSA) is 70.6 Å². The number of rotatable bonds is 4. The van der Waals surface area contributed by atoms with Gasteiger partial charge in [-0.15, -0.1) is 0 Å². The Morgan fingerprint density at radius 2 is 1.32 bits per heavy atom. The molecule has 0 aromatic heterocycles. The number of hydrazone groups is 1. The molecule has 0 bridgehead atoms. The van der Waals surface area contributed by atoms with Gasteiger partial charge in [0.2, 0.25) is 5.91 Å². The van der Waals surface area contributed by atoms with Crippen LogP contribution in [0.25, 0.3) is 0 Å². The van der Waals surface area contributed by atoms with Gasteiger partial charge in [-0.1, -0.05) is 44.9 Å². The highest BCUT2D eigenvalue weighted by Gasteiger charge is 2.29. The number of anilines is 1. The number of carbonyl (C=O) groups is 2. The standard InChI is InChI=1S/C23H33N3O2/c27-22(18-12-13-18)24-20-16-14-19(15-17-20)23(28)26-25-21-10-8-6-4-2-1-3-5-7-9-11-21/h14-18H,1-13H2,(H,24,27)(H,26,28). The summed E-state index contributed by atoms with van der Waals surface area (Å²) in [6.07, 6.45) is 15.4. The van der Waals surface area contributed by atoms with Gasteiger partial charge in [0.15, 0.2) is 0 Å². The van der Waals surface area contributed by atoms with Crippen LogP contribution in [0.15, 0.2) is 29.4 Å². The predicted molar refractivity (Wildman–Crippen MR) is 113 cm³/mol. The molecule has 152 valence electrons. The number of nitrogens with zero attached hydrogens (tertiary/aromatic N) is 1. The van der Waals surface area contributed by atoms with E-state index in [1.165, 1.54) is 44.9 Å². The first-order chi connectivity index (χ1) is 13.7. The zero-order valence-electron chi connectivity index (χ0n) is 16.8. The molecule has 0 atom stereocenters. The normalized spacial score (nSPS) is 19.1. The molecule has 0 radical (unpaired) electrons. The molecular formula is C23H33N3O2. The van der Waals surface area contributed by atoms with Gasteiger partial charge in [0, 0.05) is 22.9 Å². The molecule has 2 N–H and O–H groups in total. The SMILES string of the molecule is O=C(NN=C1CCCCCCCCCCC1)c1ccc(NC(=O)C2CC2)cc1. The Bertz CT molecular complexity index is 664. The van der Waals surface area contributed by atoms with E-state index in [4.69, 9.17) is 0 Å². The second kappa shape index (κ2) is 11.0. The Morgan fingerprint density at radius 1 is 0.786 bits per heavy atom. The molecule has 3 rings (SSSR count). The highest BCUT2D eigenvalue weighted by molar-refractivity contribution is 5.97. The summed E-state index contributed by atoms with van der Waals surface area (Å²) in [7, 11) is 0. The van der Waals surface area contributed by atoms with E-state index in [-0.39, 0.29) is 17.7 Å². The van der Waals surface area contributed by atoms with Crippen LogP contribution in [0.1, 0.15) is 93.8 Å². The lowest BCUT2D eigenvalue weighted by atomic mass is 10.00. The Hall–Kier alpha value is -2.17. The molecule has 2 aliphatic rings. The first-order valence-corrected chi connectivity index (χ1v) is 11.0. The molecule has 1 aromatic carbocycles. The van der Waals surface area contributed by atoms with Crippen LogP contribution in [0.4, 0.5) is 5.69 Å². The van der Waals surface area contributed by atoms with Gasteiger partial charge in [0.05, 0.1) is 0 Å². The molecule has 2 saturated carbocycles. The van der Waals surface area contributed by atoms with Crippen molar-refractivity contribution in [3.63, 3.8) is 0 Å². The first kappa shape index (κ1) is 20.6. The highest BCUT2D eigenvalue weighted by Crippen LogP contribution is 2.30. The van der Waals surface area contributed by atoms with Gasteiger partial charge in [0.1, 0.15) is 0 Å². The second-order valence-corrected chi connectivity index (χ2v) is 8.14. The summed E-state index contributed by atoms with van der Waals surface area (Å²) in [6.45, 7) is 0. The Labute approximate surface area is 168 Å². The van der Waals surface area contributed by atoms with Gasteiger partial charge in [-0.25, -0.2) is 5.43 Å². The number of carbonyl (C=O) groups excluding carboxylic acids is 2. The van der Waals surface area contributed by atoms with Crippen molar-refractivity contribution < 1.29 is 9.59 Å². The largest absolute Gasteiger partial charge is 0.326 e. The number of hydrogen-bond donors (Lipinski definition) is 2. The Morgan fingerprint density at radius 3 is 1.86 bits per heavy atom. The lowest BCUT2D eigenvalue weighted by Gasteiger charge is -2.10. The number of hydrogen-bond acceptors (Lipinski definition) is 3. The Kier molecular flexibility index (Phi) is 8.07. The van der Waals surface area contributed by atoms with Crippen molar-refractivity contribution in [3.05, 3.63) is 29.8 Å². The molecule has 1 aromatic rings. The smallest absolute Gasteiger partial charge is 0.271 e. The molecule has 0 saturated heterocycles. The molecule has 0 spiro atoms. The lowest BCUT2D eigenvalue weighted by Crippen LogP contribution is -2.20. The molecule has 0 unspecified atom stereocenters. The fourth-order valence-corrected chi connectivity index (χ4v) is 3.62. The predicted octanol–water partition coefficient (Wildman–Crippen LogP) is 5.43. The summed E-state index contributed by atoms with van der Waals surface area (Å²) in [5.74, 6) is 0.0505. The van der Waals surface area contributed by atoms with Crippen molar-refractivity contribution >= 4 is 23.2 Å². The monoisotopic (exact) mass is 383 g/mol. The fraction of sp³-hybridized carbons (Fsp3) is 0.609. The summed E-state index contributed by atoms with van der Waals surface area (Å²) in [5.41, 5.74) is 5.14. The van der Waals surface area contributed by atoms with Crippen molar-refractivity contribution in [3.8, 4) is 0 Å². The molecule has 2 fully saturated rings. The van der Waals surface area contributed by atoms with Crippen molar-refractivity contribution in [2.75, 3.05) is 5.32 Å². The number of nitrogens with one attached hydrogen (secondary N) is 2. The van der Waals surface area contributed by atoms with Crippen LogP contribution in [0.2, 0.25) is 0 Å². The lowest BCUT2D eigenvalue weighted by molar-refractivity contribution is -0.117. The molecule has 5 nitrogen and oxygen atoms in total. The van der Waals surface area contributed by atoms with Crippen molar-refractivity contribution in [2.24, 2.45) is 11.0 Å². The third-order valence-corrected chi connectivity index (χ3v) is 5.61. The minimum Gasteiger partial charge on any atom is -0.326 e. The van der Waals surface area contributed by atoms with Crippen LogP contribution in [-0.4, -0.2) is 17.5 Å². The maximum absolute atomic E-state index is 12.4. The van der Waals surface area contributed by atoms with E-state index in [9.17, 15) is 9.59 Å². The minimum atomic E-state index is -0.196. The Balaban J connectivity index is 1.50. The van der Waals surface area contributed by atoms with E-state index >= 15 is 0 Å². The molecular weight excluding hydrogens is 350 g/mol. The van der Waals surface area contributed by atoms with Crippen LogP contribution in [0.5, 0.6) is 0 Å². The third-order valence-electron chi connectivity index (χ3n) is 5.61. The van der Waals surface area contributed by atoms with Crippen LogP contribution in [0.3, 0.4) is 0 Å².